The van der Waals surface area contributed by atoms with Gasteiger partial charge in [0.1, 0.15) is 6.29 Å². The van der Waals surface area contributed by atoms with Crippen molar-refractivity contribution in [2.45, 2.75) is 26.7 Å². The highest BCUT2D eigenvalue weighted by atomic mass is 16.1. The van der Waals surface area contributed by atoms with Crippen molar-refractivity contribution in [3.05, 3.63) is 12.2 Å². The Morgan fingerprint density at radius 1 is 1.67 bits per heavy atom. The molecule has 0 spiro atoms. The summed E-state index contributed by atoms with van der Waals surface area (Å²) in [5.74, 6) is 0.668. The second-order valence-corrected chi connectivity index (χ2v) is 2.71. The van der Waals surface area contributed by atoms with Gasteiger partial charge in [-0.2, -0.15) is 0 Å². The van der Waals surface area contributed by atoms with Crippen molar-refractivity contribution in [3.63, 3.8) is 0 Å². The summed E-state index contributed by atoms with van der Waals surface area (Å²) in [6, 6.07) is 0. The molecule has 0 N–H and O–H groups in total. The smallest absolute Gasteiger partial charge is 0.145 e. The molecule has 0 atom stereocenters. The van der Waals surface area contributed by atoms with Gasteiger partial charge in [-0.3, -0.25) is 4.79 Å². The first kappa shape index (κ1) is 8.41. The van der Waals surface area contributed by atoms with Crippen molar-refractivity contribution in [1.82, 2.24) is 0 Å². The van der Waals surface area contributed by atoms with Crippen molar-refractivity contribution < 1.29 is 4.79 Å². The third-order valence-corrected chi connectivity index (χ3v) is 1.21. The topological polar surface area (TPSA) is 17.1 Å². The minimum absolute atomic E-state index is 0.668. The first-order valence-corrected chi connectivity index (χ1v) is 3.29. The Labute approximate surface area is 56.8 Å². The third kappa shape index (κ3) is 5.28. The molecule has 0 saturated carbocycles. The zero-order valence-corrected chi connectivity index (χ0v) is 6.18. The lowest BCUT2D eigenvalue weighted by atomic mass is 10.1. The van der Waals surface area contributed by atoms with Crippen molar-refractivity contribution in [2.24, 2.45) is 5.92 Å². The van der Waals surface area contributed by atoms with E-state index < -0.39 is 0 Å². The van der Waals surface area contributed by atoms with E-state index in [1.165, 1.54) is 0 Å². The van der Waals surface area contributed by atoms with Gasteiger partial charge in [0.25, 0.3) is 0 Å². The number of carbonyl (C=O) groups is 1. The molecule has 0 aromatic heterocycles. The number of carbonyl (C=O) groups excluding carboxylic acids is 1. The van der Waals surface area contributed by atoms with Crippen LogP contribution >= 0.6 is 0 Å². The van der Waals surface area contributed by atoms with Crippen LogP contribution in [0.15, 0.2) is 12.2 Å². The van der Waals surface area contributed by atoms with Gasteiger partial charge in [0.15, 0.2) is 0 Å². The number of aldehydes is 1. The molecule has 9 heavy (non-hydrogen) atoms. The predicted molar refractivity (Wildman–Crippen MR) is 39.3 cm³/mol. The third-order valence-electron chi connectivity index (χ3n) is 1.21. The molecular weight excluding hydrogens is 112 g/mol. The summed E-state index contributed by atoms with van der Waals surface area (Å²) in [6.45, 7) is 7.85. The van der Waals surface area contributed by atoms with E-state index >= 15 is 0 Å². The van der Waals surface area contributed by atoms with E-state index in [2.05, 4.69) is 20.4 Å². The zero-order chi connectivity index (χ0) is 7.28. The van der Waals surface area contributed by atoms with Crippen LogP contribution in [0, 0.1) is 5.92 Å². The number of hydrogen-bond donors (Lipinski definition) is 0. The Hall–Kier alpha value is -0.590. The molecule has 0 aromatic rings. The maximum absolute atomic E-state index is 10.0. The summed E-state index contributed by atoms with van der Waals surface area (Å²) in [5.41, 5.74) is 0.712. The largest absolute Gasteiger partial charge is 0.298 e. The standard InChI is InChI=1S/C8H14O/c1-7(2)4-5-8(3)6-9/h6-7H,3-5H2,1-2H3. The van der Waals surface area contributed by atoms with Crippen LogP contribution in [0.25, 0.3) is 0 Å². The molecule has 0 heterocycles. The van der Waals surface area contributed by atoms with Gasteiger partial charge in [0.2, 0.25) is 0 Å². The summed E-state index contributed by atoms with van der Waals surface area (Å²) in [4.78, 5) is 10.0. The number of hydrogen-bond acceptors (Lipinski definition) is 1. The molecule has 0 fully saturated rings. The normalized spacial score (nSPS) is 9.67. The van der Waals surface area contributed by atoms with Crippen molar-refractivity contribution in [2.75, 3.05) is 0 Å². The van der Waals surface area contributed by atoms with Crippen LogP contribution in [0.1, 0.15) is 26.7 Å². The van der Waals surface area contributed by atoms with Crippen molar-refractivity contribution in [3.8, 4) is 0 Å². The molecule has 1 heteroatoms. The van der Waals surface area contributed by atoms with Crippen molar-refractivity contribution >= 4 is 6.29 Å². The fourth-order valence-electron chi connectivity index (χ4n) is 0.533. The minimum Gasteiger partial charge on any atom is -0.298 e. The lowest BCUT2D eigenvalue weighted by Crippen LogP contribution is -1.89. The predicted octanol–water partition coefficient (Wildman–Crippen LogP) is 2.18. The molecule has 0 unspecified atom stereocenters. The quantitative estimate of drug-likeness (QED) is 0.417. The van der Waals surface area contributed by atoms with Gasteiger partial charge >= 0.3 is 0 Å². The molecule has 52 valence electrons. The van der Waals surface area contributed by atoms with E-state index in [0.29, 0.717) is 11.5 Å². The van der Waals surface area contributed by atoms with E-state index in [-0.39, 0.29) is 0 Å². The summed E-state index contributed by atoms with van der Waals surface area (Å²) in [5, 5.41) is 0. The first-order chi connectivity index (χ1) is 4.16. The molecule has 0 rings (SSSR count). The first-order valence-electron chi connectivity index (χ1n) is 3.29. The molecule has 0 aliphatic heterocycles. The van der Waals surface area contributed by atoms with E-state index in [1.54, 1.807) is 0 Å². The van der Waals surface area contributed by atoms with Gasteiger partial charge in [-0.05, 0) is 24.3 Å². The highest BCUT2D eigenvalue weighted by Crippen LogP contribution is 2.07. The van der Waals surface area contributed by atoms with Gasteiger partial charge in [0, 0.05) is 0 Å². The Morgan fingerprint density at radius 3 is 2.56 bits per heavy atom. The molecule has 1 nitrogen and oxygen atoms in total. The number of rotatable bonds is 4. The summed E-state index contributed by atoms with van der Waals surface area (Å²) < 4.78 is 0. The molecule has 0 amide bonds. The van der Waals surface area contributed by atoms with Crippen molar-refractivity contribution in [1.29, 1.82) is 0 Å². The van der Waals surface area contributed by atoms with Gasteiger partial charge in [-0.15, -0.1) is 0 Å². The molecule has 0 aliphatic carbocycles. The summed E-state index contributed by atoms with van der Waals surface area (Å²) in [7, 11) is 0. The monoisotopic (exact) mass is 126 g/mol. The molecule has 0 aliphatic rings. The number of allylic oxidation sites excluding steroid dienone is 1. The van der Waals surface area contributed by atoms with Crippen LogP contribution in [-0.2, 0) is 4.79 Å². The maximum Gasteiger partial charge on any atom is 0.145 e. The Balaban J connectivity index is 3.27. The molecule has 0 bridgehead atoms. The van der Waals surface area contributed by atoms with Crippen LogP contribution < -0.4 is 0 Å². The summed E-state index contributed by atoms with van der Waals surface area (Å²) >= 11 is 0. The van der Waals surface area contributed by atoms with E-state index in [0.717, 1.165) is 19.1 Å². The van der Waals surface area contributed by atoms with Gasteiger partial charge < -0.3 is 0 Å². The van der Waals surface area contributed by atoms with Gasteiger partial charge in [-0.25, -0.2) is 0 Å². The molecule has 0 saturated heterocycles. The molecule has 0 radical (unpaired) electrons. The summed E-state index contributed by atoms with van der Waals surface area (Å²) in [6.07, 6.45) is 2.75. The van der Waals surface area contributed by atoms with Gasteiger partial charge in [0.05, 0.1) is 0 Å². The fourth-order valence-corrected chi connectivity index (χ4v) is 0.533. The van der Waals surface area contributed by atoms with Crippen LogP contribution in [0.3, 0.4) is 0 Å². The average molecular weight is 126 g/mol. The second kappa shape index (κ2) is 4.30. The molecular formula is C8H14O. The Kier molecular flexibility index (Phi) is 4.02. The highest BCUT2D eigenvalue weighted by Gasteiger charge is 1.94. The Morgan fingerprint density at radius 2 is 2.22 bits per heavy atom. The fraction of sp³-hybridized carbons (Fsp3) is 0.625. The Bertz CT molecular complexity index is 103. The van der Waals surface area contributed by atoms with Crippen LogP contribution in [0.5, 0.6) is 0 Å². The van der Waals surface area contributed by atoms with E-state index in [1.807, 2.05) is 0 Å². The minimum atomic E-state index is 0.668. The van der Waals surface area contributed by atoms with E-state index in [4.69, 9.17) is 0 Å². The van der Waals surface area contributed by atoms with Crippen LogP contribution in [0.4, 0.5) is 0 Å². The van der Waals surface area contributed by atoms with E-state index in [9.17, 15) is 4.79 Å². The van der Waals surface area contributed by atoms with Crippen LogP contribution in [0.2, 0.25) is 0 Å². The average Bonchev–Trinajstić information content (AvgIpc) is 1.83. The second-order valence-electron chi connectivity index (χ2n) is 2.71. The maximum atomic E-state index is 10.0. The lowest BCUT2D eigenvalue weighted by molar-refractivity contribution is -0.105. The zero-order valence-electron chi connectivity index (χ0n) is 6.18. The lowest BCUT2D eigenvalue weighted by Gasteiger charge is -2.00. The van der Waals surface area contributed by atoms with Gasteiger partial charge in [-0.1, -0.05) is 20.4 Å². The SMILES string of the molecule is C=C(C=O)CCC(C)C. The van der Waals surface area contributed by atoms with Crippen LogP contribution in [-0.4, -0.2) is 6.29 Å². The molecule has 0 aromatic carbocycles. The highest BCUT2D eigenvalue weighted by molar-refractivity contribution is 5.71.